The number of halogens is 1. The summed E-state index contributed by atoms with van der Waals surface area (Å²) < 4.78 is 12.9. The minimum atomic E-state index is -0.139. The first-order valence-electron chi connectivity index (χ1n) is 7.36. The Kier molecular flexibility index (Phi) is 2.85. The molecular weight excluding hydrogens is 249 g/mol. The van der Waals surface area contributed by atoms with Crippen LogP contribution >= 0.6 is 0 Å². The Morgan fingerprint density at radius 2 is 1.45 bits per heavy atom. The number of nitrogens with zero attached hydrogens (tertiary/aromatic N) is 1. The molecular formula is C18H18FN. The highest BCUT2D eigenvalue weighted by atomic mass is 19.1. The summed E-state index contributed by atoms with van der Waals surface area (Å²) in [6, 6.07) is 16.5. The van der Waals surface area contributed by atoms with Crippen molar-refractivity contribution in [2.75, 3.05) is 0 Å². The molecule has 2 aromatic carbocycles. The van der Waals surface area contributed by atoms with Gasteiger partial charge in [0.1, 0.15) is 5.82 Å². The minimum Gasteiger partial charge on any atom is -0.292 e. The predicted molar refractivity (Wildman–Crippen MR) is 77.9 cm³/mol. The molecule has 102 valence electrons. The van der Waals surface area contributed by atoms with Crippen LogP contribution in [0.2, 0.25) is 0 Å². The molecule has 4 rings (SSSR count). The summed E-state index contributed by atoms with van der Waals surface area (Å²) in [4.78, 5) is 2.59. The molecule has 0 unspecified atom stereocenters. The Hall–Kier alpha value is -1.67. The monoisotopic (exact) mass is 267 g/mol. The second kappa shape index (κ2) is 4.71. The Balaban J connectivity index is 1.39. The number of rotatable bonds is 2. The average Bonchev–Trinajstić information content (AvgIpc) is 2.82. The molecule has 0 radical (unpaired) electrons. The number of fused-ring (bicyclic) bond motifs is 1. The Morgan fingerprint density at radius 3 is 2.05 bits per heavy atom. The smallest absolute Gasteiger partial charge is 0.123 e. The summed E-state index contributed by atoms with van der Waals surface area (Å²) in [6.45, 7) is 2.19. The van der Waals surface area contributed by atoms with Gasteiger partial charge in [0.05, 0.1) is 0 Å². The van der Waals surface area contributed by atoms with Crippen LogP contribution in [0.3, 0.4) is 0 Å². The van der Waals surface area contributed by atoms with Gasteiger partial charge < -0.3 is 0 Å². The lowest BCUT2D eigenvalue weighted by Crippen LogP contribution is -2.40. The second-order valence-electron chi connectivity index (χ2n) is 6.05. The largest absolute Gasteiger partial charge is 0.292 e. The van der Waals surface area contributed by atoms with Gasteiger partial charge in [-0.2, -0.15) is 0 Å². The first-order valence-corrected chi connectivity index (χ1v) is 7.36. The minimum absolute atomic E-state index is 0.139. The quantitative estimate of drug-likeness (QED) is 0.792. The lowest BCUT2D eigenvalue weighted by molar-refractivity contribution is 0.107. The van der Waals surface area contributed by atoms with Crippen molar-refractivity contribution in [3.63, 3.8) is 0 Å². The molecule has 2 heteroatoms. The van der Waals surface area contributed by atoms with Crippen LogP contribution < -0.4 is 0 Å². The fourth-order valence-electron chi connectivity index (χ4n) is 3.51. The van der Waals surface area contributed by atoms with E-state index in [1.807, 2.05) is 12.1 Å². The van der Waals surface area contributed by atoms with Crippen molar-refractivity contribution in [3.8, 4) is 0 Å². The number of hydrogen-bond acceptors (Lipinski definition) is 1. The second-order valence-corrected chi connectivity index (χ2v) is 6.05. The molecule has 0 saturated heterocycles. The Morgan fingerprint density at radius 1 is 0.850 bits per heavy atom. The summed E-state index contributed by atoms with van der Waals surface area (Å²) in [5.41, 5.74) is 4.26. The summed E-state index contributed by atoms with van der Waals surface area (Å²) in [5.74, 6) is 0.476. The van der Waals surface area contributed by atoms with E-state index >= 15 is 0 Å². The highest BCUT2D eigenvalue weighted by Crippen LogP contribution is 2.42. The van der Waals surface area contributed by atoms with E-state index in [0.717, 1.165) is 13.1 Å². The normalized spacial score (nSPS) is 25.2. The predicted octanol–water partition coefficient (Wildman–Crippen LogP) is 4.09. The van der Waals surface area contributed by atoms with E-state index in [1.54, 1.807) is 12.1 Å². The van der Waals surface area contributed by atoms with Gasteiger partial charge in [-0.3, -0.25) is 4.90 Å². The van der Waals surface area contributed by atoms with E-state index in [2.05, 4.69) is 29.2 Å². The van der Waals surface area contributed by atoms with E-state index in [0.29, 0.717) is 12.0 Å². The topological polar surface area (TPSA) is 3.24 Å². The van der Waals surface area contributed by atoms with Crippen molar-refractivity contribution >= 4 is 0 Å². The van der Waals surface area contributed by atoms with Crippen LogP contribution in [-0.4, -0.2) is 10.9 Å². The first-order chi connectivity index (χ1) is 9.79. The standard InChI is InChI=1S/C18H18FN/c19-17-7-5-13(6-8-17)16-9-18(10-16)20-11-14-3-1-2-4-15(14)12-20/h1-8,16,18H,9-12H2. The van der Waals surface area contributed by atoms with Gasteiger partial charge in [0, 0.05) is 19.1 Å². The van der Waals surface area contributed by atoms with E-state index in [-0.39, 0.29) is 5.82 Å². The summed E-state index contributed by atoms with van der Waals surface area (Å²) in [5, 5.41) is 0. The van der Waals surface area contributed by atoms with Crippen molar-refractivity contribution in [3.05, 3.63) is 71.0 Å². The SMILES string of the molecule is Fc1ccc(C2CC(N3Cc4ccccc4C3)C2)cc1. The maximum atomic E-state index is 12.9. The molecule has 2 aliphatic rings. The highest BCUT2D eigenvalue weighted by Gasteiger charge is 2.36. The molecule has 1 nitrogen and oxygen atoms in total. The molecule has 0 aromatic heterocycles. The van der Waals surface area contributed by atoms with E-state index in [9.17, 15) is 4.39 Å². The van der Waals surface area contributed by atoms with Gasteiger partial charge in [-0.1, -0.05) is 36.4 Å². The fraction of sp³-hybridized carbons (Fsp3) is 0.333. The van der Waals surface area contributed by atoms with Crippen LogP contribution in [0, 0.1) is 5.82 Å². The van der Waals surface area contributed by atoms with Gasteiger partial charge in [-0.05, 0) is 47.6 Å². The van der Waals surface area contributed by atoms with Gasteiger partial charge in [-0.15, -0.1) is 0 Å². The van der Waals surface area contributed by atoms with Gasteiger partial charge in [0.15, 0.2) is 0 Å². The summed E-state index contributed by atoms with van der Waals surface area (Å²) in [7, 11) is 0. The first kappa shape index (κ1) is 12.1. The molecule has 1 aliphatic carbocycles. The maximum absolute atomic E-state index is 12.9. The van der Waals surface area contributed by atoms with Crippen LogP contribution in [0.1, 0.15) is 35.4 Å². The molecule has 1 fully saturated rings. The third kappa shape index (κ3) is 2.04. The molecule has 0 spiro atoms. The van der Waals surface area contributed by atoms with E-state index < -0.39 is 0 Å². The van der Waals surface area contributed by atoms with Crippen LogP contribution in [0.15, 0.2) is 48.5 Å². The lowest BCUT2D eigenvalue weighted by Gasteiger charge is -2.41. The number of benzene rings is 2. The van der Waals surface area contributed by atoms with E-state index in [1.165, 1.54) is 29.5 Å². The maximum Gasteiger partial charge on any atom is 0.123 e. The van der Waals surface area contributed by atoms with Gasteiger partial charge in [0.2, 0.25) is 0 Å². The number of hydrogen-bond donors (Lipinski definition) is 0. The Labute approximate surface area is 119 Å². The van der Waals surface area contributed by atoms with Crippen molar-refractivity contribution in [1.29, 1.82) is 0 Å². The van der Waals surface area contributed by atoms with Crippen molar-refractivity contribution in [2.24, 2.45) is 0 Å². The third-order valence-corrected chi connectivity index (χ3v) is 4.84. The van der Waals surface area contributed by atoms with Crippen LogP contribution in [0.4, 0.5) is 4.39 Å². The van der Waals surface area contributed by atoms with Crippen molar-refractivity contribution in [1.82, 2.24) is 4.90 Å². The molecule has 2 aromatic rings. The molecule has 20 heavy (non-hydrogen) atoms. The van der Waals surface area contributed by atoms with Crippen molar-refractivity contribution < 1.29 is 4.39 Å². The molecule has 0 bridgehead atoms. The lowest BCUT2D eigenvalue weighted by atomic mass is 9.75. The zero-order valence-electron chi connectivity index (χ0n) is 11.4. The molecule has 1 aliphatic heterocycles. The van der Waals surface area contributed by atoms with Crippen LogP contribution in [0.25, 0.3) is 0 Å². The third-order valence-electron chi connectivity index (χ3n) is 4.84. The highest BCUT2D eigenvalue weighted by molar-refractivity contribution is 5.31. The van der Waals surface area contributed by atoms with Crippen LogP contribution in [-0.2, 0) is 13.1 Å². The average molecular weight is 267 g/mol. The summed E-state index contributed by atoms with van der Waals surface area (Å²) >= 11 is 0. The molecule has 0 N–H and O–H groups in total. The zero-order valence-corrected chi connectivity index (χ0v) is 11.4. The summed E-state index contributed by atoms with van der Waals surface area (Å²) in [6.07, 6.45) is 2.42. The van der Waals surface area contributed by atoms with Crippen LogP contribution in [0.5, 0.6) is 0 Å². The molecule has 1 saturated carbocycles. The zero-order chi connectivity index (χ0) is 13.5. The van der Waals surface area contributed by atoms with E-state index in [4.69, 9.17) is 0 Å². The van der Waals surface area contributed by atoms with Crippen molar-refractivity contribution in [2.45, 2.75) is 37.9 Å². The fourth-order valence-corrected chi connectivity index (χ4v) is 3.51. The molecule has 0 amide bonds. The Bertz CT molecular complexity index is 589. The molecule has 0 atom stereocenters. The van der Waals surface area contributed by atoms with Gasteiger partial charge >= 0.3 is 0 Å². The van der Waals surface area contributed by atoms with Gasteiger partial charge in [-0.25, -0.2) is 4.39 Å². The van der Waals surface area contributed by atoms with Gasteiger partial charge in [0.25, 0.3) is 0 Å². The molecule has 1 heterocycles.